The van der Waals surface area contributed by atoms with Crippen molar-refractivity contribution in [2.45, 2.75) is 38.7 Å². The van der Waals surface area contributed by atoms with E-state index in [-0.39, 0.29) is 23.6 Å². The molecule has 0 N–H and O–H groups in total. The minimum absolute atomic E-state index is 0.0671. The van der Waals surface area contributed by atoms with Crippen LogP contribution in [0, 0.1) is 5.92 Å². The van der Waals surface area contributed by atoms with Gasteiger partial charge in [-0.1, -0.05) is 0 Å². The van der Waals surface area contributed by atoms with Gasteiger partial charge >= 0.3 is 0 Å². The fourth-order valence-corrected chi connectivity index (χ4v) is 4.40. The Morgan fingerprint density at radius 3 is 2.72 bits per heavy atom. The van der Waals surface area contributed by atoms with E-state index >= 15 is 0 Å². The van der Waals surface area contributed by atoms with Crippen LogP contribution in [0.5, 0.6) is 0 Å². The summed E-state index contributed by atoms with van der Waals surface area (Å²) in [6.45, 7) is 3.10. The summed E-state index contributed by atoms with van der Waals surface area (Å²) in [5.41, 5.74) is 0. The van der Waals surface area contributed by atoms with Gasteiger partial charge in [0, 0.05) is 25.6 Å². The average Bonchev–Trinajstić information content (AvgIpc) is 2.81. The van der Waals surface area contributed by atoms with E-state index in [0.29, 0.717) is 19.7 Å². The van der Waals surface area contributed by atoms with Crippen molar-refractivity contribution >= 4 is 15.8 Å². The Kier molecular flexibility index (Phi) is 4.40. The maximum atomic E-state index is 12.2. The third-order valence-corrected chi connectivity index (χ3v) is 5.68. The van der Waals surface area contributed by atoms with Gasteiger partial charge in [-0.3, -0.25) is 4.79 Å². The van der Waals surface area contributed by atoms with Crippen LogP contribution < -0.4 is 0 Å². The lowest BCUT2D eigenvalue weighted by Crippen LogP contribution is -2.44. The molecule has 18 heavy (non-hydrogen) atoms. The summed E-state index contributed by atoms with van der Waals surface area (Å²) in [6, 6.07) is 0. The molecule has 2 heterocycles. The first-order valence-corrected chi connectivity index (χ1v) is 8.20. The number of carbonyl (C=O) groups is 1. The van der Waals surface area contributed by atoms with Gasteiger partial charge in [0.1, 0.15) is 5.78 Å². The van der Waals surface area contributed by atoms with Gasteiger partial charge in [-0.2, -0.15) is 0 Å². The number of ether oxygens (including phenoxy) is 1. The van der Waals surface area contributed by atoms with Crippen molar-refractivity contribution in [3.63, 3.8) is 0 Å². The molecular formula is C12H21NO4S. The molecule has 0 spiro atoms. The number of hydrogen-bond acceptors (Lipinski definition) is 4. The van der Waals surface area contributed by atoms with Crippen LogP contribution in [0.25, 0.3) is 0 Å². The Balaban J connectivity index is 1.97. The molecule has 2 saturated heterocycles. The first-order chi connectivity index (χ1) is 8.49. The molecule has 2 rings (SSSR count). The standard InChI is InChI=1S/C12H21NO4S/c1-10(14)11-4-2-6-13(8-11)18(15,16)9-12-5-3-7-17-12/h11-12H,2-9H2,1H3. The summed E-state index contributed by atoms with van der Waals surface area (Å²) in [6.07, 6.45) is 3.18. The molecule has 0 radical (unpaired) electrons. The smallest absolute Gasteiger partial charge is 0.216 e. The number of piperidine rings is 1. The van der Waals surface area contributed by atoms with Gasteiger partial charge in [0.2, 0.25) is 10.0 Å². The lowest BCUT2D eigenvalue weighted by Gasteiger charge is -2.31. The van der Waals surface area contributed by atoms with Crippen LogP contribution in [0.15, 0.2) is 0 Å². The predicted octanol–water partition coefficient (Wildman–Crippen LogP) is 0.796. The topological polar surface area (TPSA) is 63.7 Å². The van der Waals surface area contributed by atoms with Crippen molar-refractivity contribution in [2.75, 3.05) is 25.4 Å². The quantitative estimate of drug-likeness (QED) is 0.761. The predicted molar refractivity (Wildman–Crippen MR) is 67.7 cm³/mol. The summed E-state index contributed by atoms with van der Waals surface area (Å²) in [7, 11) is -3.28. The maximum absolute atomic E-state index is 12.2. The highest BCUT2D eigenvalue weighted by atomic mass is 32.2. The minimum atomic E-state index is -3.28. The third kappa shape index (κ3) is 3.30. The van der Waals surface area contributed by atoms with Gasteiger partial charge in [0.25, 0.3) is 0 Å². The Bertz CT molecular complexity index is 400. The molecule has 0 aromatic carbocycles. The molecular weight excluding hydrogens is 254 g/mol. The molecule has 6 heteroatoms. The zero-order valence-electron chi connectivity index (χ0n) is 10.8. The second kappa shape index (κ2) is 5.67. The van der Waals surface area contributed by atoms with E-state index in [4.69, 9.17) is 4.74 Å². The summed E-state index contributed by atoms with van der Waals surface area (Å²) >= 11 is 0. The number of ketones is 1. The Morgan fingerprint density at radius 2 is 2.11 bits per heavy atom. The zero-order chi connectivity index (χ0) is 13.2. The molecule has 5 nitrogen and oxygen atoms in total. The summed E-state index contributed by atoms with van der Waals surface area (Å²) < 4.78 is 31.3. The molecule has 2 fully saturated rings. The lowest BCUT2D eigenvalue weighted by atomic mass is 9.96. The number of sulfonamides is 1. The fraction of sp³-hybridized carbons (Fsp3) is 0.917. The second-order valence-corrected chi connectivity index (χ2v) is 7.23. The number of hydrogen-bond donors (Lipinski definition) is 0. The SMILES string of the molecule is CC(=O)C1CCCN(S(=O)(=O)CC2CCCO2)C1. The zero-order valence-corrected chi connectivity index (χ0v) is 11.6. The van der Waals surface area contributed by atoms with Crippen LogP contribution in [-0.4, -0.2) is 50.1 Å². The van der Waals surface area contributed by atoms with Gasteiger partial charge in [-0.05, 0) is 32.6 Å². The molecule has 104 valence electrons. The summed E-state index contributed by atoms with van der Waals surface area (Å²) in [5.74, 6) is 0.0301. The molecule has 2 unspecified atom stereocenters. The third-order valence-electron chi connectivity index (χ3n) is 3.77. The first kappa shape index (κ1) is 14.0. The van der Waals surface area contributed by atoms with Crippen LogP contribution in [0.4, 0.5) is 0 Å². The monoisotopic (exact) mass is 275 g/mol. The summed E-state index contributed by atoms with van der Waals surface area (Å²) in [5, 5.41) is 0. The second-order valence-electron chi connectivity index (χ2n) is 5.22. The highest BCUT2D eigenvalue weighted by molar-refractivity contribution is 7.89. The Morgan fingerprint density at radius 1 is 1.33 bits per heavy atom. The van der Waals surface area contributed by atoms with Crippen LogP contribution in [0.1, 0.15) is 32.6 Å². The van der Waals surface area contributed by atoms with Crippen molar-refractivity contribution < 1.29 is 17.9 Å². The first-order valence-electron chi connectivity index (χ1n) is 6.59. The molecule has 0 amide bonds. The Hall–Kier alpha value is -0.460. The van der Waals surface area contributed by atoms with Crippen LogP contribution in [0.2, 0.25) is 0 Å². The van der Waals surface area contributed by atoms with Crippen LogP contribution >= 0.6 is 0 Å². The van der Waals surface area contributed by atoms with Crippen molar-refractivity contribution in [3.05, 3.63) is 0 Å². The van der Waals surface area contributed by atoms with Crippen molar-refractivity contribution in [1.82, 2.24) is 4.31 Å². The van der Waals surface area contributed by atoms with E-state index in [2.05, 4.69) is 0 Å². The van der Waals surface area contributed by atoms with Gasteiger partial charge in [-0.25, -0.2) is 12.7 Å². The van der Waals surface area contributed by atoms with Gasteiger partial charge in [0.15, 0.2) is 0 Å². The molecule has 0 aromatic rings. The molecule has 0 aromatic heterocycles. The van der Waals surface area contributed by atoms with Crippen molar-refractivity contribution in [3.8, 4) is 0 Å². The highest BCUT2D eigenvalue weighted by Gasteiger charge is 2.33. The fourth-order valence-electron chi connectivity index (χ4n) is 2.64. The molecule has 0 aliphatic carbocycles. The molecule has 2 aliphatic heterocycles. The van der Waals surface area contributed by atoms with E-state index in [1.807, 2.05) is 0 Å². The lowest BCUT2D eigenvalue weighted by molar-refractivity contribution is -0.121. The summed E-state index contributed by atoms with van der Waals surface area (Å²) in [4.78, 5) is 11.4. The van der Waals surface area contributed by atoms with Gasteiger partial charge in [0.05, 0.1) is 11.9 Å². The number of nitrogens with zero attached hydrogens (tertiary/aromatic N) is 1. The van der Waals surface area contributed by atoms with E-state index in [0.717, 1.165) is 25.7 Å². The molecule has 2 aliphatic rings. The minimum Gasteiger partial charge on any atom is -0.377 e. The van der Waals surface area contributed by atoms with E-state index in [9.17, 15) is 13.2 Å². The number of rotatable bonds is 4. The maximum Gasteiger partial charge on any atom is 0.216 e. The molecule has 2 atom stereocenters. The van der Waals surface area contributed by atoms with Crippen LogP contribution in [0.3, 0.4) is 0 Å². The van der Waals surface area contributed by atoms with E-state index in [1.54, 1.807) is 6.92 Å². The van der Waals surface area contributed by atoms with Crippen LogP contribution in [-0.2, 0) is 19.6 Å². The van der Waals surface area contributed by atoms with E-state index in [1.165, 1.54) is 4.31 Å². The average molecular weight is 275 g/mol. The molecule has 0 bridgehead atoms. The number of carbonyl (C=O) groups excluding carboxylic acids is 1. The van der Waals surface area contributed by atoms with E-state index < -0.39 is 10.0 Å². The van der Waals surface area contributed by atoms with Crippen molar-refractivity contribution in [2.24, 2.45) is 5.92 Å². The molecule has 0 saturated carbocycles. The highest BCUT2D eigenvalue weighted by Crippen LogP contribution is 2.22. The van der Waals surface area contributed by atoms with Crippen molar-refractivity contribution in [1.29, 1.82) is 0 Å². The van der Waals surface area contributed by atoms with Gasteiger partial charge in [-0.15, -0.1) is 0 Å². The number of Topliss-reactive ketones (excluding diaryl/α,β-unsaturated/α-hetero) is 1. The largest absolute Gasteiger partial charge is 0.377 e. The van der Waals surface area contributed by atoms with Gasteiger partial charge < -0.3 is 4.74 Å². The Labute approximate surface area is 109 Å². The normalized spacial score (nSPS) is 30.5.